The highest BCUT2D eigenvalue weighted by Crippen LogP contribution is 2.33. The van der Waals surface area contributed by atoms with E-state index in [1.165, 1.54) is 17.7 Å². The highest BCUT2D eigenvalue weighted by molar-refractivity contribution is 7.92. The van der Waals surface area contributed by atoms with E-state index in [0.717, 1.165) is 28.7 Å². The number of sulfonamides is 1. The highest BCUT2D eigenvalue weighted by Gasteiger charge is 2.29. The van der Waals surface area contributed by atoms with Gasteiger partial charge in [-0.2, -0.15) is 4.98 Å². The number of ether oxygens (including phenoxy) is 1. The molecule has 8 nitrogen and oxygen atoms in total. The number of aromatic nitrogens is 2. The number of nitrogens with one attached hydrogen (secondary N) is 2. The molecule has 45 heavy (non-hydrogen) atoms. The standard InChI is InChI=1S/C36H42N4O4S/c1-22(2)18-29(25-14-16-27(17-15-25)36(5,6)7)31-21-44-32-20-30(33-23(3)10-8-11-24(33)4)38-35(39-32)40-45(42,43)28-13-9-12-26(19-28)34(41)37-31/h8-17,19-20,22,29,31H,18,21H2,1-7H3,(H,37,41)(H,38,39,40). The molecule has 0 saturated heterocycles. The Hall–Kier alpha value is -4.24. The zero-order chi connectivity index (χ0) is 32.5. The summed E-state index contributed by atoms with van der Waals surface area (Å²) >= 11 is 0. The summed E-state index contributed by atoms with van der Waals surface area (Å²) in [7, 11) is -4.12. The number of nitrogens with zero attached hydrogens (tertiary/aromatic N) is 2. The van der Waals surface area contributed by atoms with Crippen molar-refractivity contribution in [1.29, 1.82) is 0 Å². The summed E-state index contributed by atoms with van der Waals surface area (Å²) in [4.78, 5) is 22.7. The lowest BCUT2D eigenvalue weighted by Crippen LogP contribution is -2.44. The Morgan fingerprint density at radius 1 is 0.933 bits per heavy atom. The molecule has 1 aromatic heterocycles. The number of carbonyl (C=O) groups is 1. The lowest BCUT2D eigenvalue weighted by atomic mass is 9.81. The van der Waals surface area contributed by atoms with Crippen molar-refractivity contribution < 1.29 is 17.9 Å². The zero-order valence-corrected chi connectivity index (χ0v) is 27.8. The third-order valence-electron chi connectivity index (χ3n) is 8.22. The maximum absolute atomic E-state index is 13.7. The van der Waals surface area contributed by atoms with E-state index < -0.39 is 16.1 Å². The van der Waals surface area contributed by atoms with Crippen LogP contribution in [0.25, 0.3) is 11.3 Å². The van der Waals surface area contributed by atoms with Gasteiger partial charge in [-0.1, -0.05) is 83.1 Å². The van der Waals surface area contributed by atoms with Gasteiger partial charge in [-0.25, -0.2) is 18.1 Å². The minimum atomic E-state index is -4.12. The fraction of sp³-hybridized carbons (Fsp3) is 0.361. The fourth-order valence-electron chi connectivity index (χ4n) is 5.83. The van der Waals surface area contributed by atoms with Crippen LogP contribution in [0.1, 0.15) is 79.6 Å². The smallest absolute Gasteiger partial charge is 0.264 e. The van der Waals surface area contributed by atoms with E-state index in [1.54, 1.807) is 18.2 Å². The molecule has 0 radical (unpaired) electrons. The third kappa shape index (κ3) is 7.36. The van der Waals surface area contributed by atoms with Gasteiger partial charge in [-0.05, 0) is 72.1 Å². The molecule has 1 amide bonds. The van der Waals surface area contributed by atoms with Crippen LogP contribution >= 0.6 is 0 Å². The maximum Gasteiger partial charge on any atom is 0.264 e. The first-order chi connectivity index (χ1) is 21.2. The quantitative estimate of drug-likeness (QED) is 0.243. The van der Waals surface area contributed by atoms with Crippen molar-refractivity contribution in [2.75, 3.05) is 11.3 Å². The summed E-state index contributed by atoms with van der Waals surface area (Å²) in [6, 6.07) is 21.8. The summed E-state index contributed by atoms with van der Waals surface area (Å²) in [5, 5.41) is 3.19. The SMILES string of the molecule is Cc1cccc(C)c1-c1cc2nc(n1)NS(=O)(=O)c1cccc(c1)C(=O)NC(C(CC(C)C)c1ccc(C(C)(C)C)cc1)CO2. The van der Waals surface area contributed by atoms with E-state index >= 15 is 0 Å². The van der Waals surface area contributed by atoms with E-state index in [2.05, 4.69) is 78.9 Å². The molecule has 9 heteroatoms. The molecule has 2 atom stereocenters. The van der Waals surface area contributed by atoms with Crippen molar-refractivity contribution in [3.05, 3.63) is 101 Å². The van der Waals surface area contributed by atoms with E-state index in [1.807, 2.05) is 32.0 Å². The van der Waals surface area contributed by atoms with Crippen LogP contribution in [0.15, 0.2) is 77.7 Å². The van der Waals surface area contributed by atoms with Crippen LogP contribution in [0.5, 0.6) is 5.88 Å². The van der Waals surface area contributed by atoms with Crippen LogP contribution in [0, 0.1) is 19.8 Å². The second-order valence-corrected chi connectivity index (χ2v) is 15.0. The van der Waals surface area contributed by atoms with Crippen LogP contribution in [-0.4, -0.2) is 36.9 Å². The predicted octanol–water partition coefficient (Wildman–Crippen LogP) is 7.18. The van der Waals surface area contributed by atoms with Crippen LogP contribution in [0.4, 0.5) is 5.95 Å². The van der Waals surface area contributed by atoms with Crippen molar-refractivity contribution in [3.63, 3.8) is 0 Å². The monoisotopic (exact) mass is 626 g/mol. The molecule has 2 heterocycles. The number of amides is 1. The lowest BCUT2D eigenvalue weighted by Gasteiger charge is -2.30. The van der Waals surface area contributed by atoms with Crippen LogP contribution in [-0.2, 0) is 15.4 Å². The van der Waals surface area contributed by atoms with Gasteiger partial charge in [0, 0.05) is 23.1 Å². The number of carbonyl (C=O) groups excluding carboxylic acids is 1. The number of benzene rings is 3. The van der Waals surface area contributed by atoms with Gasteiger partial charge in [-0.3, -0.25) is 4.79 Å². The van der Waals surface area contributed by atoms with Crippen LogP contribution in [0.2, 0.25) is 0 Å². The van der Waals surface area contributed by atoms with Crippen molar-refractivity contribution in [1.82, 2.24) is 15.3 Å². The first kappa shape index (κ1) is 32.2. The Labute approximate surface area is 266 Å². The molecular weight excluding hydrogens is 584 g/mol. The van der Waals surface area contributed by atoms with Crippen LogP contribution in [0.3, 0.4) is 0 Å². The molecule has 236 valence electrons. The third-order valence-corrected chi connectivity index (χ3v) is 9.54. The Bertz CT molecular complexity index is 1790. The minimum Gasteiger partial charge on any atom is -0.475 e. The van der Waals surface area contributed by atoms with E-state index in [-0.39, 0.29) is 46.1 Å². The first-order valence-electron chi connectivity index (χ1n) is 15.3. The van der Waals surface area contributed by atoms with Crippen molar-refractivity contribution in [3.8, 4) is 17.1 Å². The summed E-state index contributed by atoms with van der Waals surface area (Å²) < 4.78 is 35.8. The van der Waals surface area contributed by atoms with Gasteiger partial charge in [-0.15, -0.1) is 0 Å². The summed E-state index contributed by atoms with van der Waals surface area (Å²) in [6.45, 7) is 14.9. The number of anilines is 1. The van der Waals surface area contributed by atoms with Gasteiger partial charge in [0.25, 0.3) is 15.9 Å². The van der Waals surface area contributed by atoms with Gasteiger partial charge in [0.2, 0.25) is 11.8 Å². The van der Waals surface area contributed by atoms with Gasteiger partial charge < -0.3 is 10.1 Å². The largest absolute Gasteiger partial charge is 0.475 e. The molecule has 1 aliphatic rings. The number of rotatable bonds is 5. The Kier molecular flexibility index (Phi) is 9.03. The van der Waals surface area contributed by atoms with E-state index in [0.29, 0.717) is 11.6 Å². The van der Waals surface area contributed by atoms with Gasteiger partial charge >= 0.3 is 0 Å². The second-order valence-electron chi connectivity index (χ2n) is 13.3. The molecule has 0 spiro atoms. The Morgan fingerprint density at radius 2 is 1.60 bits per heavy atom. The summed E-state index contributed by atoms with van der Waals surface area (Å²) in [6.07, 6.45) is 0.793. The fourth-order valence-corrected chi connectivity index (χ4v) is 6.82. The molecular formula is C36H42N4O4S. The predicted molar refractivity (Wildman–Crippen MR) is 178 cm³/mol. The normalized spacial score (nSPS) is 17.2. The molecule has 0 fully saturated rings. The molecule has 5 rings (SSSR count). The number of aryl methyl sites for hydroxylation is 2. The average molecular weight is 627 g/mol. The summed E-state index contributed by atoms with van der Waals surface area (Å²) in [5.74, 6) is -0.0386. The highest BCUT2D eigenvalue weighted by atomic mass is 32.2. The molecule has 4 aromatic rings. The average Bonchev–Trinajstić information content (AvgIpc) is 2.97. The second kappa shape index (κ2) is 12.6. The van der Waals surface area contributed by atoms with Gasteiger partial charge in [0.15, 0.2) is 0 Å². The van der Waals surface area contributed by atoms with Crippen LogP contribution < -0.4 is 14.8 Å². The van der Waals surface area contributed by atoms with E-state index in [4.69, 9.17) is 4.74 Å². The molecule has 2 N–H and O–H groups in total. The zero-order valence-electron chi connectivity index (χ0n) is 27.0. The molecule has 4 bridgehead atoms. The molecule has 2 unspecified atom stereocenters. The Balaban J connectivity index is 1.64. The number of fused-ring (bicyclic) bond motifs is 4. The van der Waals surface area contributed by atoms with Crippen molar-refractivity contribution in [2.45, 2.75) is 77.2 Å². The Morgan fingerprint density at radius 3 is 2.24 bits per heavy atom. The van der Waals surface area contributed by atoms with Crippen molar-refractivity contribution >= 4 is 21.9 Å². The maximum atomic E-state index is 13.7. The van der Waals surface area contributed by atoms with Gasteiger partial charge in [0.1, 0.15) is 6.61 Å². The topological polar surface area (TPSA) is 110 Å². The number of hydrogen-bond donors (Lipinski definition) is 2. The molecule has 1 aliphatic heterocycles. The molecule has 0 aliphatic carbocycles. The summed E-state index contributed by atoms with van der Waals surface area (Å²) in [5.41, 5.74) is 5.94. The molecule has 3 aromatic carbocycles. The molecule has 0 saturated carbocycles. The first-order valence-corrected chi connectivity index (χ1v) is 16.8. The minimum absolute atomic E-state index is 0.00630. The number of hydrogen-bond acceptors (Lipinski definition) is 6. The lowest BCUT2D eigenvalue weighted by molar-refractivity contribution is 0.0906. The van der Waals surface area contributed by atoms with E-state index in [9.17, 15) is 13.2 Å². The van der Waals surface area contributed by atoms with Gasteiger partial charge in [0.05, 0.1) is 16.6 Å². The van der Waals surface area contributed by atoms with Crippen molar-refractivity contribution in [2.24, 2.45) is 5.92 Å².